The maximum Gasteiger partial charge on any atom is 0.330 e. The number of aromatic nitrogens is 1. The second-order valence-corrected chi connectivity index (χ2v) is 8.57. The van der Waals surface area contributed by atoms with Crippen LogP contribution in [0.3, 0.4) is 0 Å². The number of ether oxygens (including phenoxy) is 2. The Bertz CT molecular complexity index is 1110. The van der Waals surface area contributed by atoms with Crippen LogP contribution in [0.2, 0.25) is 0 Å². The highest BCUT2D eigenvalue weighted by molar-refractivity contribution is 7.10. The van der Waals surface area contributed by atoms with Crippen molar-refractivity contribution in [2.75, 3.05) is 48.0 Å². The Balaban J connectivity index is 0.000000635. The SMILES string of the molecule is C=CC(=O)OCCN(CCOC(=O)C=C)c1ccc(N)c(NC(=O)C(C)C)c1.Cc1nsc(N)c1C#N. The molecule has 0 saturated carbocycles. The Hall–Kier alpha value is -4.37. The molecule has 0 spiro atoms. The minimum Gasteiger partial charge on any atom is -0.461 e. The van der Waals surface area contributed by atoms with E-state index >= 15 is 0 Å². The van der Waals surface area contributed by atoms with Gasteiger partial charge in [-0.25, -0.2) is 9.59 Å². The molecule has 11 nitrogen and oxygen atoms in total. The predicted molar refractivity (Wildman–Crippen MR) is 145 cm³/mol. The lowest BCUT2D eigenvalue weighted by atomic mass is 10.1. The van der Waals surface area contributed by atoms with E-state index in [9.17, 15) is 14.4 Å². The monoisotopic (exact) mass is 528 g/mol. The number of nitriles is 1. The molecule has 5 N–H and O–H groups in total. The number of esters is 2. The van der Waals surface area contributed by atoms with Gasteiger partial charge in [-0.3, -0.25) is 4.79 Å². The van der Waals surface area contributed by atoms with Crippen LogP contribution >= 0.6 is 11.5 Å². The van der Waals surface area contributed by atoms with E-state index in [0.29, 0.717) is 35.0 Å². The van der Waals surface area contributed by atoms with E-state index in [1.807, 2.05) is 11.0 Å². The van der Waals surface area contributed by atoms with Gasteiger partial charge < -0.3 is 31.2 Å². The van der Waals surface area contributed by atoms with Crippen molar-refractivity contribution >= 4 is 51.4 Å². The Labute approximate surface area is 220 Å². The van der Waals surface area contributed by atoms with Crippen LogP contribution in [0.25, 0.3) is 0 Å². The van der Waals surface area contributed by atoms with Crippen molar-refractivity contribution in [3.63, 3.8) is 0 Å². The zero-order chi connectivity index (χ0) is 28.0. The third-order valence-corrected chi connectivity index (χ3v) is 5.50. The minimum absolute atomic E-state index is 0.109. The molecule has 0 aliphatic carbocycles. The molecule has 1 heterocycles. The molecule has 0 aliphatic heterocycles. The van der Waals surface area contributed by atoms with Gasteiger partial charge in [-0.1, -0.05) is 27.0 Å². The molecular weight excluding hydrogens is 496 g/mol. The standard InChI is InChI=1S/C20H27N3O5.C5H5N3S/c1-5-18(24)27-11-9-23(10-12-28-19(25)6-2)15-7-8-16(21)17(13-15)22-20(26)14(3)4;1-3-4(2-6)5(7)9-8-3/h5-8,13-14H,1-2,9-12,21H2,3-4H3,(H,22,26);7H2,1H3. The Kier molecular flexibility index (Phi) is 12.9. The number of rotatable bonds is 11. The molecule has 0 unspecified atom stereocenters. The van der Waals surface area contributed by atoms with Crippen LogP contribution < -0.4 is 21.7 Å². The number of nitrogens with one attached hydrogen (secondary N) is 1. The van der Waals surface area contributed by atoms with Crippen molar-refractivity contribution in [1.29, 1.82) is 5.26 Å². The Morgan fingerprint density at radius 1 is 1.16 bits per heavy atom. The first kappa shape index (κ1) is 30.7. The summed E-state index contributed by atoms with van der Waals surface area (Å²) in [5.41, 5.74) is 14.2. The van der Waals surface area contributed by atoms with Gasteiger partial charge in [0, 0.05) is 23.8 Å². The first-order chi connectivity index (χ1) is 17.5. The second kappa shape index (κ2) is 15.6. The summed E-state index contributed by atoms with van der Waals surface area (Å²) >= 11 is 1.16. The van der Waals surface area contributed by atoms with Crippen LogP contribution in [0, 0.1) is 24.2 Å². The molecule has 2 rings (SSSR count). The fourth-order valence-corrected chi connectivity index (χ4v) is 3.26. The third-order valence-electron chi connectivity index (χ3n) is 4.73. The summed E-state index contributed by atoms with van der Waals surface area (Å²) in [4.78, 5) is 36.3. The summed E-state index contributed by atoms with van der Waals surface area (Å²) in [5, 5.41) is 11.7. The molecule has 0 radical (unpaired) electrons. The molecule has 1 aromatic heterocycles. The molecule has 37 heavy (non-hydrogen) atoms. The molecule has 1 amide bonds. The molecule has 0 saturated heterocycles. The summed E-state index contributed by atoms with van der Waals surface area (Å²) in [6.07, 6.45) is 2.16. The van der Waals surface area contributed by atoms with E-state index in [-0.39, 0.29) is 25.0 Å². The van der Waals surface area contributed by atoms with E-state index < -0.39 is 11.9 Å². The molecule has 1 aromatic carbocycles. The number of carbonyl (C=O) groups is 3. The van der Waals surface area contributed by atoms with Gasteiger partial charge in [-0.15, -0.1) is 0 Å². The van der Waals surface area contributed by atoms with Crippen molar-refractivity contribution in [3.8, 4) is 6.07 Å². The van der Waals surface area contributed by atoms with E-state index in [2.05, 4.69) is 22.8 Å². The number of aryl methyl sites for hydroxylation is 1. The maximum atomic E-state index is 12.0. The first-order valence-corrected chi connectivity index (χ1v) is 12.0. The van der Waals surface area contributed by atoms with Gasteiger partial charge in [-0.2, -0.15) is 9.64 Å². The van der Waals surface area contributed by atoms with Crippen LogP contribution in [-0.4, -0.2) is 48.5 Å². The fraction of sp³-hybridized carbons (Fsp3) is 0.320. The Morgan fingerprint density at radius 2 is 1.73 bits per heavy atom. The summed E-state index contributed by atoms with van der Waals surface area (Å²) in [6, 6.07) is 7.13. The number of amides is 1. The Morgan fingerprint density at radius 3 is 2.14 bits per heavy atom. The number of nitrogens with two attached hydrogens (primary N) is 2. The van der Waals surface area contributed by atoms with Gasteiger partial charge in [0.15, 0.2) is 0 Å². The normalized spacial score (nSPS) is 9.81. The van der Waals surface area contributed by atoms with Crippen molar-refractivity contribution < 1.29 is 23.9 Å². The zero-order valence-electron chi connectivity index (χ0n) is 21.2. The van der Waals surface area contributed by atoms with Crippen LogP contribution in [0.15, 0.2) is 43.5 Å². The average molecular weight is 529 g/mol. The molecule has 2 aromatic rings. The van der Waals surface area contributed by atoms with Crippen LogP contribution in [0.1, 0.15) is 25.1 Å². The van der Waals surface area contributed by atoms with Crippen LogP contribution in [-0.2, 0) is 23.9 Å². The maximum absolute atomic E-state index is 12.0. The molecule has 0 bridgehead atoms. The third kappa shape index (κ3) is 10.4. The number of hydrogen-bond donors (Lipinski definition) is 3. The van der Waals surface area contributed by atoms with E-state index in [0.717, 1.165) is 35.1 Å². The molecule has 0 atom stereocenters. The molecule has 0 aliphatic rings. The highest BCUT2D eigenvalue weighted by Gasteiger charge is 2.14. The van der Waals surface area contributed by atoms with Gasteiger partial charge in [0.25, 0.3) is 0 Å². The highest BCUT2D eigenvalue weighted by atomic mass is 32.1. The number of carbonyl (C=O) groups excluding carboxylic acids is 3. The minimum atomic E-state index is -0.528. The summed E-state index contributed by atoms with van der Waals surface area (Å²) < 4.78 is 13.9. The molecule has 12 heteroatoms. The number of anilines is 4. The lowest BCUT2D eigenvalue weighted by Crippen LogP contribution is -2.32. The fourth-order valence-electron chi connectivity index (χ4n) is 2.65. The van der Waals surface area contributed by atoms with Crippen molar-refractivity contribution in [1.82, 2.24) is 4.37 Å². The van der Waals surface area contributed by atoms with Gasteiger partial charge in [-0.05, 0) is 36.7 Å². The predicted octanol–water partition coefficient (Wildman–Crippen LogP) is 3.03. The topological polar surface area (TPSA) is 174 Å². The van der Waals surface area contributed by atoms with E-state index in [4.69, 9.17) is 26.2 Å². The largest absolute Gasteiger partial charge is 0.461 e. The smallest absolute Gasteiger partial charge is 0.330 e. The van der Waals surface area contributed by atoms with Crippen LogP contribution in [0.4, 0.5) is 22.1 Å². The average Bonchev–Trinajstić information content (AvgIpc) is 3.21. The van der Waals surface area contributed by atoms with Gasteiger partial charge in [0.1, 0.15) is 29.8 Å². The zero-order valence-corrected chi connectivity index (χ0v) is 22.0. The summed E-state index contributed by atoms with van der Waals surface area (Å²) in [5.74, 6) is -1.41. The first-order valence-electron chi connectivity index (χ1n) is 11.2. The number of benzene rings is 1. The second-order valence-electron chi connectivity index (χ2n) is 7.76. The molecule has 198 valence electrons. The lowest BCUT2D eigenvalue weighted by molar-refractivity contribution is -0.137. The lowest BCUT2D eigenvalue weighted by Gasteiger charge is -2.25. The molecular formula is C25H32N6O5S. The van der Waals surface area contributed by atoms with Gasteiger partial charge in [0.05, 0.1) is 30.2 Å². The number of nitrogens with zero attached hydrogens (tertiary/aromatic N) is 3. The van der Waals surface area contributed by atoms with Gasteiger partial charge in [0.2, 0.25) is 5.91 Å². The quantitative estimate of drug-likeness (QED) is 0.223. The highest BCUT2D eigenvalue weighted by Crippen LogP contribution is 2.26. The number of hydrogen-bond acceptors (Lipinski definition) is 11. The van der Waals surface area contributed by atoms with Crippen molar-refractivity contribution in [2.24, 2.45) is 5.92 Å². The summed E-state index contributed by atoms with van der Waals surface area (Å²) in [7, 11) is 0. The number of nitrogen functional groups attached to an aromatic ring is 2. The van der Waals surface area contributed by atoms with Crippen molar-refractivity contribution in [2.45, 2.75) is 20.8 Å². The van der Waals surface area contributed by atoms with E-state index in [1.54, 1.807) is 39.0 Å². The van der Waals surface area contributed by atoms with E-state index in [1.165, 1.54) is 0 Å². The van der Waals surface area contributed by atoms with Crippen molar-refractivity contribution in [3.05, 3.63) is 54.8 Å². The summed E-state index contributed by atoms with van der Waals surface area (Å²) in [6.45, 7) is 12.9. The molecule has 0 fully saturated rings. The van der Waals surface area contributed by atoms with Gasteiger partial charge >= 0.3 is 11.9 Å². The van der Waals surface area contributed by atoms with Crippen LogP contribution in [0.5, 0.6) is 0 Å².